The van der Waals surface area contributed by atoms with Crippen molar-refractivity contribution in [3.05, 3.63) is 0 Å². The molecule has 128 valence electrons. The Balaban J connectivity index is 1.70. The molecule has 0 spiro atoms. The van der Waals surface area contributed by atoms with E-state index in [0.29, 0.717) is 24.2 Å². The molecule has 4 heteroatoms. The summed E-state index contributed by atoms with van der Waals surface area (Å²) in [7, 11) is 0. The summed E-state index contributed by atoms with van der Waals surface area (Å²) in [5.74, 6) is 1.82. The second kappa shape index (κ2) is 8.88. The largest absolute Gasteiger partial charge is 0.462 e. The topological polar surface area (TPSA) is 38.8 Å². The van der Waals surface area contributed by atoms with Crippen molar-refractivity contribution in [2.45, 2.75) is 59.0 Å². The van der Waals surface area contributed by atoms with Gasteiger partial charge < -0.3 is 9.47 Å². The lowest BCUT2D eigenvalue weighted by molar-refractivity contribution is -0.156. The molecular weight excluding hydrogens is 278 g/mol. The monoisotopic (exact) mass is 311 g/mol. The Kier molecular flexibility index (Phi) is 7.16. The minimum atomic E-state index is -0.00184. The van der Waals surface area contributed by atoms with Gasteiger partial charge in [-0.1, -0.05) is 27.2 Å². The molecule has 0 aromatic rings. The summed E-state index contributed by atoms with van der Waals surface area (Å²) in [6, 6.07) is 0. The first-order chi connectivity index (χ1) is 10.6. The summed E-state index contributed by atoms with van der Waals surface area (Å²) in [5.41, 5.74) is 0. The summed E-state index contributed by atoms with van der Waals surface area (Å²) in [6.07, 6.45) is 5.09. The molecule has 0 aromatic heterocycles. The highest BCUT2D eigenvalue weighted by Crippen LogP contribution is 2.35. The third kappa shape index (κ3) is 5.54. The van der Waals surface area contributed by atoms with Crippen LogP contribution in [0.3, 0.4) is 0 Å². The summed E-state index contributed by atoms with van der Waals surface area (Å²) >= 11 is 0. The predicted molar refractivity (Wildman–Crippen MR) is 87.7 cm³/mol. The molecule has 0 N–H and O–H groups in total. The maximum Gasteiger partial charge on any atom is 0.306 e. The maximum atomic E-state index is 12.2. The quantitative estimate of drug-likeness (QED) is 0.707. The van der Waals surface area contributed by atoms with E-state index < -0.39 is 0 Å². The van der Waals surface area contributed by atoms with Gasteiger partial charge in [-0.15, -0.1) is 0 Å². The van der Waals surface area contributed by atoms with Crippen LogP contribution in [0.1, 0.15) is 52.9 Å². The molecule has 0 aromatic carbocycles. The van der Waals surface area contributed by atoms with Crippen LogP contribution in [0.4, 0.5) is 0 Å². The van der Waals surface area contributed by atoms with E-state index in [-0.39, 0.29) is 12.1 Å². The Labute approximate surface area is 135 Å². The molecule has 2 rings (SSSR count). The molecule has 3 atom stereocenters. The van der Waals surface area contributed by atoms with Gasteiger partial charge in [0.05, 0.1) is 13.2 Å². The van der Waals surface area contributed by atoms with E-state index >= 15 is 0 Å². The van der Waals surface area contributed by atoms with Gasteiger partial charge in [-0.2, -0.15) is 0 Å². The molecule has 1 saturated heterocycles. The number of hydrogen-bond donors (Lipinski definition) is 0. The van der Waals surface area contributed by atoms with Crippen LogP contribution in [0, 0.1) is 17.8 Å². The van der Waals surface area contributed by atoms with Crippen molar-refractivity contribution in [3.63, 3.8) is 0 Å². The zero-order valence-electron chi connectivity index (χ0n) is 14.6. The van der Waals surface area contributed by atoms with Gasteiger partial charge in [0, 0.05) is 19.5 Å². The van der Waals surface area contributed by atoms with Crippen molar-refractivity contribution in [3.8, 4) is 0 Å². The Bertz CT molecular complexity index is 339. The van der Waals surface area contributed by atoms with E-state index in [1.807, 2.05) is 0 Å². The first kappa shape index (κ1) is 17.7. The fourth-order valence-corrected chi connectivity index (χ4v) is 3.75. The highest BCUT2D eigenvalue weighted by atomic mass is 16.5. The summed E-state index contributed by atoms with van der Waals surface area (Å²) in [5, 5.41) is 0. The molecule has 1 aliphatic heterocycles. The average Bonchev–Trinajstić information content (AvgIpc) is 2.48. The van der Waals surface area contributed by atoms with Crippen molar-refractivity contribution in [1.82, 2.24) is 4.90 Å². The number of carbonyl (C=O) groups is 1. The van der Waals surface area contributed by atoms with E-state index in [2.05, 4.69) is 25.7 Å². The fourth-order valence-electron chi connectivity index (χ4n) is 3.75. The number of esters is 1. The third-order valence-corrected chi connectivity index (χ3v) is 5.20. The minimum Gasteiger partial charge on any atom is -0.462 e. The number of ether oxygens (including phenoxy) is 2. The maximum absolute atomic E-state index is 12.2. The SMILES string of the molecule is CC1CCC(C(C)C)C(OC(=O)CCCN2CCOCC2)C1. The molecule has 0 amide bonds. The van der Waals surface area contributed by atoms with Crippen LogP contribution in [0.15, 0.2) is 0 Å². The van der Waals surface area contributed by atoms with Crippen molar-refractivity contribution in [1.29, 1.82) is 0 Å². The fraction of sp³-hybridized carbons (Fsp3) is 0.944. The van der Waals surface area contributed by atoms with Crippen LogP contribution in [-0.2, 0) is 14.3 Å². The van der Waals surface area contributed by atoms with Crippen LogP contribution in [0.5, 0.6) is 0 Å². The standard InChI is InChI=1S/C18H33NO3/c1-14(2)16-7-6-15(3)13-17(16)22-18(20)5-4-8-19-9-11-21-12-10-19/h14-17H,4-13H2,1-3H3. The minimum absolute atomic E-state index is 0.00184. The van der Waals surface area contributed by atoms with Gasteiger partial charge in [0.25, 0.3) is 0 Å². The van der Waals surface area contributed by atoms with Gasteiger partial charge in [0.1, 0.15) is 6.10 Å². The van der Waals surface area contributed by atoms with Crippen molar-refractivity contribution in [2.75, 3.05) is 32.8 Å². The number of hydrogen-bond acceptors (Lipinski definition) is 4. The lowest BCUT2D eigenvalue weighted by Gasteiger charge is -2.36. The Morgan fingerprint density at radius 1 is 1.27 bits per heavy atom. The van der Waals surface area contributed by atoms with Gasteiger partial charge >= 0.3 is 5.97 Å². The van der Waals surface area contributed by atoms with E-state index in [1.165, 1.54) is 12.8 Å². The Morgan fingerprint density at radius 3 is 2.68 bits per heavy atom. The molecule has 1 saturated carbocycles. The molecule has 1 heterocycles. The van der Waals surface area contributed by atoms with Gasteiger partial charge in [-0.05, 0) is 43.6 Å². The highest BCUT2D eigenvalue weighted by molar-refractivity contribution is 5.69. The van der Waals surface area contributed by atoms with Gasteiger partial charge in [-0.25, -0.2) is 0 Å². The predicted octanol–water partition coefficient (Wildman–Crippen LogP) is 3.10. The highest BCUT2D eigenvalue weighted by Gasteiger charge is 2.33. The molecule has 3 unspecified atom stereocenters. The zero-order valence-corrected chi connectivity index (χ0v) is 14.6. The average molecular weight is 311 g/mol. The van der Waals surface area contributed by atoms with Gasteiger partial charge in [0.2, 0.25) is 0 Å². The molecule has 2 fully saturated rings. The smallest absolute Gasteiger partial charge is 0.306 e. The third-order valence-electron chi connectivity index (χ3n) is 5.20. The molecule has 2 aliphatic rings. The molecule has 22 heavy (non-hydrogen) atoms. The molecule has 0 bridgehead atoms. The van der Waals surface area contributed by atoms with Crippen LogP contribution < -0.4 is 0 Å². The molecule has 0 radical (unpaired) electrons. The van der Waals surface area contributed by atoms with E-state index in [9.17, 15) is 4.79 Å². The van der Waals surface area contributed by atoms with Crippen LogP contribution >= 0.6 is 0 Å². The van der Waals surface area contributed by atoms with E-state index in [0.717, 1.165) is 45.7 Å². The number of rotatable bonds is 6. The lowest BCUT2D eigenvalue weighted by Crippen LogP contribution is -2.37. The normalized spacial score (nSPS) is 30.5. The van der Waals surface area contributed by atoms with Crippen LogP contribution in [-0.4, -0.2) is 49.8 Å². The second-order valence-corrected chi connectivity index (χ2v) is 7.41. The molecule has 4 nitrogen and oxygen atoms in total. The number of nitrogens with zero attached hydrogens (tertiary/aromatic N) is 1. The second-order valence-electron chi connectivity index (χ2n) is 7.41. The first-order valence-corrected chi connectivity index (χ1v) is 9.06. The zero-order chi connectivity index (χ0) is 15.9. The molecule has 1 aliphatic carbocycles. The van der Waals surface area contributed by atoms with E-state index in [1.54, 1.807) is 0 Å². The summed E-state index contributed by atoms with van der Waals surface area (Å²) in [4.78, 5) is 14.5. The van der Waals surface area contributed by atoms with Crippen molar-refractivity contribution < 1.29 is 14.3 Å². The summed E-state index contributed by atoms with van der Waals surface area (Å²) in [6.45, 7) is 11.4. The number of carbonyl (C=O) groups excluding carboxylic acids is 1. The van der Waals surface area contributed by atoms with Crippen LogP contribution in [0.25, 0.3) is 0 Å². The number of morpholine rings is 1. The van der Waals surface area contributed by atoms with E-state index in [4.69, 9.17) is 9.47 Å². The first-order valence-electron chi connectivity index (χ1n) is 9.06. The molecular formula is C18H33NO3. The lowest BCUT2D eigenvalue weighted by atomic mass is 9.75. The van der Waals surface area contributed by atoms with Gasteiger partial charge in [-0.3, -0.25) is 9.69 Å². The Hall–Kier alpha value is -0.610. The van der Waals surface area contributed by atoms with Crippen molar-refractivity contribution in [2.24, 2.45) is 17.8 Å². The van der Waals surface area contributed by atoms with Gasteiger partial charge in [0.15, 0.2) is 0 Å². The Morgan fingerprint density at radius 2 is 2.00 bits per heavy atom. The van der Waals surface area contributed by atoms with Crippen molar-refractivity contribution >= 4 is 5.97 Å². The van der Waals surface area contributed by atoms with Crippen LogP contribution in [0.2, 0.25) is 0 Å². The summed E-state index contributed by atoms with van der Waals surface area (Å²) < 4.78 is 11.2.